The number of benzene rings is 2. The van der Waals surface area contributed by atoms with Gasteiger partial charge in [0.1, 0.15) is 24.2 Å². The second-order valence-corrected chi connectivity index (χ2v) is 7.72. The number of aromatic nitrogens is 1. The second kappa shape index (κ2) is 7.32. The summed E-state index contributed by atoms with van der Waals surface area (Å²) in [6.07, 6.45) is 0. The summed E-state index contributed by atoms with van der Waals surface area (Å²) in [6, 6.07) is 19.5. The molecule has 4 nitrogen and oxygen atoms in total. The smallest absolute Gasteiger partial charge is 0.205 e. The molecule has 0 amide bonds. The highest BCUT2D eigenvalue weighted by atomic mass is 19.1. The molecule has 1 aliphatic heterocycles. The molecule has 0 radical (unpaired) electrons. The van der Waals surface area contributed by atoms with Gasteiger partial charge in [-0.1, -0.05) is 12.1 Å². The SMILES string of the molecule is COc1ccccc1N1CC[N+](C)(c2ccc(-c3ccc(F)cc3)[nH]2)C(C)C1. The van der Waals surface area contributed by atoms with Crippen molar-refractivity contribution in [3.8, 4) is 17.0 Å². The predicted molar refractivity (Wildman–Crippen MR) is 113 cm³/mol. The summed E-state index contributed by atoms with van der Waals surface area (Å²) < 4.78 is 19.6. The van der Waals surface area contributed by atoms with Crippen LogP contribution in [-0.4, -0.2) is 44.8 Å². The van der Waals surface area contributed by atoms with E-state index in [4.69, 9.17) is 4.74 Å². The highest BCUT2D eigenvalue weighted by Gasteiger charge is 2.39. The van der Waals surface area contributed by atoms with Gasteiger partial charge in [0.2, 0.25) is 5.82 Å². The Balaban J connectivity index is 1.56. The number of ether oxygens (including phenoxy) is 1. The van der Waals surface area contributed by atoms with E-state index >= 15 is 0 Å². The monoisotopic (exact) mass is 380 g/mol. The molecule has 3 aromatic rings. The van der Waals surface area contributed by atoms with Gasteiger partial charge in [-0.3, -0.25) is 4.48 Å². The minimum absolute atomic E-state index is 0.212. The highest BCUT2D eigenvalue weighted by Crippen LogP contribution is 2.34. The minimum Gasteiger partial charge on any atom is -0.495 e. The number of quaternary nitrogens is 1. The maximum Gasteiger partial charge on any atom is 0.205 e. The number of anilines is 1. The summed E-state index contributed by atoms with van der Waals surface area (Å²) in [7, 11) is 4.01. The van der Waals surface area contributed by atoms with Crippen LogP contribution in [0.1, 0.15) is 6.92 Å². The third-order valence-corrected chi connectivity index (χ3v) is 6.09. The number of aromatic amines is 1. The lowest BCUT2D eigenvalue weighted by Gasteiger charge is -2.46. The average molecular weight is 380 g/mol. The lowest BCUT2D eigenvalue weighted by atomic mass is 10.1. The van der Waals surface area contributed by atoms with Crippen molar-refractivity contribution in [3.63, 3.8) is 0 Å². The molecule has 146 valence electrons. The number of para-hydroxylation sites is 2. The molecule has 1 N–H and O–H groups in total. The Kier molecular flexibility index (Phi) is 4.85. The van der Waals surface area contributed by atoms with E-state index in [0.29, 0.717) is 6.04 Å². The van der Waals surface area contributed by atoms with Gasteiger partial charge in [0, 0.05) is 6.07 Å². The molecule has 2 unspecified atom stereocenters. The molecule has 0 bridgehead atoms. The lowest BCUT2D eigenvalue weighted by molar-refractivity contribution is 0.228. The summed E-state index contributed by atoms with van der Waals surface area (Å²) in [6.45, 7) is 5.18. The van der Waals surface area contributed by atoms with Crippen LogP contribution in [0.5, 0.6) is 5.75 Å². The molecular formula is C23H27FN3O+. The van der Waals surface area contributed by atoms with Gasteiger partial charge in [0.25, 0.3) is 0 Å². The molecule has 0 spiro atoms. The van der Waals surface area contributed by atoms with E-state index in [9.17, 15) is 4.39 Å². The first-order valence-electron chi connectivity index (χ1n) is 9.70. The largest absolute Gasteiger partial charge is 0.495 e. The molecule has 2 heterocycles. The van der Waals surface area contributed by atoms with Gasteiger partial charge in [0.05, 0.1) is 38.6 Å². The fourth-order valence-corrected chi connectivity index (χ4v) is 4.09. The second-order valence-electron chi connectivity index (χ2n) is 7.72. The maximum atomic E-state index is 13.2. The van der Waals surface area contributed by atoms with Crippen LogP contribution in [0.2, 0.25) is 0 Å². The van der Waals surface area contributed by atoms with Crippen molar-refractivity contribution in [3.05, 3.63) is 66.5 Å². The van der Waals surface area contributed by atoms with Gasteiger partial charge < -0.3 is 14.6 Å². The van der Waals surface area contributed by atoms with Crippen LogP contribution >= 0.6 is 0 Å². The first-order chi connectivity index (χ1) is 13.5. The van der Waals surface area contributed by atoms with E-state index in [0.717, 1.165) is 46.8 Å². The van der Waals surface area contributed by atoms with E-state index in [1.165, 1.54) is 18.0 Å². The number of H-pyrrole nitrogens is 1. The Morgan fingerprint density at radius 1 is 1.07 bits per heavy atom. The third kappa shape index (κ3) is 3.27. The van der Waals surface area contributed by atoms with E-state index in [-0.39, 0.29) is 5.82 Å². The fourth-order valence-electron chi connectivity index (χ4n) is 4.09. The van der Waals surface area contributed by atoms with Gasteiger partial charge >= 0.3 is 0 Å². The molecule has 0 aliphatic carbocycles. The molecule has 1 fully saturated rings. The van der Waals surface area contributed by atoms with Crippen LogP contribution < -0.4 is 14.1 Å². The third-order valence-electron chi connectivity index (χ3n) is 6.09. The zero-order valence-electron chi connectivity index (χ0n) is 16.7. The molecular weight excluding hydrogens is 353 g/mol. The molecule has 1 saturated heterocycles. The van der Waals surface area contributed by atoms with E-state index < -0.39 is 0 Å². The molecule has 2 aromatic carbocycles. The number of methoxy groups -OCH3 is 1. The minimum atomic E-state index is -0.212. The van der Waals surface area contributed by atoms with Crippen LogP contribution in [0.25, 0.3) is 11.3 Å². The number of piperazine rings is 1. The fraction of sp³-hybridized carbons (Fsp3) is 0.304. The van der Waals surface area contributed by atoms with Gasteiger partial charge in [-0.25, -0.2) is 4.39 Å². The van der Waals surface area contributed by atoms with E-state index in [2.05, 4.69) is 48.1 Å². The number of halogens is 1. The first-order valence-corrected chi connectivity index (χ1v) is 9.70. The molecule has 1 aromatic heterocycles. The number of hydrogen-bond donors (Lipinski definition) is 1. The Hall–Kier alpha value is -2.79. The Morgan fingerprint density at radius 2 is 1.82 bits per heavy atom. The Labute approximate surface area is 165 Å². The van der Waals surface area contributed by atoms with Crippen LogP contribution in [0, 0.1) is 5.82 Å². The van der Waals surface area contributed by atoms with E-state index in [1.807, 2.05) is 24.3 Å². The van der Waals surface area contributed by atoms with Crippen LogP contribution in [0.15, 0.2) is 60.7 Å². The Bertz CT molecular complexity index is 952. The average Bonchev–Trinajstić information content (AvgIpc) is 3.21. The zero-order valence-corrected chi connectivity index (χ0v) is 16.7. The normalized spacial score (nSPS) is 22.3. The Morgan fingerprint density at radius 3 is 2.54 bits per heavy atom. The number of nitrogens with one attached hydrogen (secondary N) is 1. The summed E-state index contributed by atoms with van der Waals surface area (Å²) >= 11 is 0. The summed E-state index contributed by atoms with van der Waals surface area (Å²) in [5.74, 6) is 1.89. The van der Waals surface area contributed by atoms with Gasteiger partial charge in [0.15, 0.2) is 0 Å². The van der Waals surface area contributed by atoms with Crippen molar-refractivity contribution in [2.24, 2.45) is 0 Å². The maximum absolute atomic E-state index is 13.2. The molecule has 4 rings (SSSR count). The van der Waals surface area contributed by atoms with Crippen molar-refractivity contribution in [2.75, 3.05) is 38.7 Å². The van der Waals surface area contributed by atoms with Crippen LogP contribution in [-0.2, 0) is 0 Å². The predicted octanol–water partition coefficient (Wildman–Crippen LogP) is 4.68. The lowest BCUT2D eigenvalue weighted by Crippen LogP contribution is -2.64. The van der Waals surface area contributed by atoms with Crippen molar-refractivity contribution in [1.82, 2.24) is 9.47 Å². The molecule has 0 saturated carbocycles. The number of rotatable bonds is 4. The quantitative estimate of drug-likeness (QED) is 0.666. The molecule has 5 heteroatoms. The molecule has 1 aliphatic rings. The summed E-state index contributed by atoms with van der Waals surface area (Å²) in [4.78, 5) is 5.98. The van der Waals surface area contributed by atoms with Crippen molar-refractivity contribution in [1.29, 1.82) is 0 Å². The topological polar surface area (TPSA) is 28.3 Å². The van der Waals surface area contributed by atoms with Crippen molar-refractivity contribution >= 4 is 11.5 Å². The number of likely N-dealkylation sites (N-methyl/N-ethyl adjacent to an activating group) is 1. The van der Waals surface area contributed by atoms with Gasteiger partial charge in [-0.15, -0.1) is 0 Å². The summed E-state index contributed by atoms with van der Waals surface area (Å²) in [5, 5.41) is 0. The number of hydrogen-bond acceptors (Lipinski definition) is 2. The van der Waals surface area contributed by atoms with Crippen LogP contribution in [0.4, 0.5) is 15.9 Å². The highest BCUT2D eigenvalue weighted by molar-refractivity contribution is 5.63. The summed E-state index contributed by atoms with van der Waals surface area (Å²) in [5.41, 5.74) is 3.18. The van der Waals surface area contributed by atoms with E-state index in [1.54, 1.807) is 7.11 Å². The zero-order chi connectivity index (χ0) is 19.7. The van der Waals surface area contributed by atoms with Crippen molar-refractivity contribution < 1.29 is 9.13 Å². The number of nitrogens with zero attached hydrogens (tertiary/aromatic N) is 2. The standard InChI is InChI=1S/C23H27FN3O/c1-17-16-26(21-6-4-5-7-22(21)28-3)14-15-27(17,2)23-13-12-20(25-23)18-8-10-19(24)11-9-18/h4-13,17,25H,14-16H2,1-3H3/q+1. The van der Waals surface area contributed by atoms with Gasteiger partial charge in [-0.2, -0.15) is 0 Å². The van der Waals surface area contributed by atoms with Crippen molar-refractivity contribution in [2.45, 2.75) is 13.0 Å². The molecule has 28 heavy (non-hydrogen) atoms. The first kappa shape index (κ1) is 18.6. The molecule has 2 atom stereocenters. The van der Waals surface area contributed by atoms with Gasteiger partial charge in [-0.05, 0) is 55.0 Å². The van der Waals surface area contributed by atoms with Crippen LogP contribution in [0.3, 0.4) is 0 Å².